The standard InChI is InChI=1S/C24H20N2O4S/c1-30-19-10-7-17(8-11-19)15-25-24(28)18-9-12-21-20(14-18)23(27)22(31(29)26-21)13-16-5-3-2-4-6-16/h2-14,26H,15H2,1H3,(H,25,28)/b22-13+. The predicted molar refractivity (Wildman–Crippen MR) is 121 cm³/mol. The number of fused-ring (bicyclic) bond motifs is 1. The Balaban J connectivity index is 1.53. The summed E-state index contributed by atoms with van der Waals surface area (Å²) in [6.07, 6.45) is 1.60. The van der Waals surface area contributed by atoms with Crippen molar-refractivity contribution in [3.63, 3.8) is 0 Å². The number of benzene rings is 3. The van der Waals surface area contributed by atoms with E-state index in [1.807, 2.05) is 54.6 Å². The van der Waals surface area contributed by atoms with Crippen molar-refractivity contribution in [2.75, 3.05) is 11.8 Å². The molecule has 2 N–H and O–H groups in total. The van der Waals surface area contributed by atoms with Gasteiger partial charge >= 0.3 is 0 Å². The minimum atomic E-state index is -1.67. The second kappa shape index (κ2) is 8.97. The first kappa shape index (κ1) is 20.6. The first-order chi connectivity index (χ1) is 15.0. The Labute approximate surface area is 182 Å². The van der Waals surface area contributed by atoms with Crippen LogP contribution in [0.5, 0.6) is 5.75 Å². The molecule has 1 aliphatic heterocycles. The van der Waals surface area contributed by atoms with Crippen LogP contribution in [0.1, 0.15) is 31.8 Å². The second-order valence-corrected chi connectivity index (χ2v) is 8.09. The number of amides is 1. The zero-order valence-corrected chi connectivity index (χ0v) is 17.6. The van der Waals surface area contributed by atoms with Crippen molar-refractivity contribution in [1.82, 2.24) is 5.32 Å². The molecule has 0 bridgehead atoms. The van der Waals surface area contributed by atoms with Crippen LogP contribution >= 0.6 is 0 Å². The average Bonchev–Trinajstić information content (AvgIpc) is 2.81. The summed E-state index contributed by atoms with van der Waals surface area (Å²) in [6.45, 7) is 0.343. The molecule has 1 amide bonds. The van der Waals surface area contributed by atoms with Gasteiger partial charge in [-0.25, -0.2) is 4.21 Å². The average molecular weight is 433 g/mol. The number of methoxy groups -OCH3 is 1. The largest absolute Gasteiger partial charge is 0.497 e. The lowest BCUT2D eigenvalue weighted by atomic mass is 10.0. The highest BCUT2D eigenvalue weighted by molar-refractivity contribution is 7.91. The summed E-state index contributed by atoms with van der Waals surface area (Å²) in [6, 6.07) is 21.3. The van der Waals surface area contributed by atoms with Crippen molar-refractivity contribution in [1.29, 1.82) is 0 Å². The lowest BCUT2D eigenvalue weighted by molar-refractivity contribution is 0.0951. The molecule has 31 heavy (non-hydrogen) atoms. The Kier molecular flexibility index (Phi) is 5.95. The van der Waals surface area contributed by atoms with Crippen LogP contribution in [0.25, 0.3) is 6.08 Å². The fourth-order valence-electron chi connectivity index (χ4n) is 3.18. The molecule has 1 atom stereocenters. The molecule has 0 aliphatic carbocycles. The van der Waals surface area contributed by atoms with E-state index in [-0.39, 0.29) is 16.6 Å². The third-order valence-corrected chi connectivity index (χ3v) is 5.97. The fourth-order valence-corrected chi connectivity index (χ4v) is 4.19. The summed E-state index contributed by atoms with van der Waals surface area (Å²) in [5.74, 6) is 0.0833. The molecule has 4 rings (SSSR count). The van der Waals surface area contributed by atoms with Crippen molar-refractivity contribution in [2.45, 2.75) is 6.54 Å². The molecule has 1 heterocycles. The molecule has 1 unspecified atom stereocenters. The maximum Gasteiger partial charge on any atom is 0.251 e. The fraction of sp³-hybridized carbons (Fsp3) is 0.0833. The number of anilines is 1. The zero-order chi connectivity index (χ0) is 21.8. The highest BCUT2D eigenvalue weighted by atomic mass is 32.2. The van der Waals surface area contributed by atoms with E-state index in [9.17, 15) is 13.8 Å². The van der Waals surface area contributed by atoms with Gasteiger partial charge in [-0.3, -0.25) is 9.59 Å². The van der Waals surface area contributed by atoms with Gasteiger partial charge in [0.2, 0.25) is 5.78 Å². The van der Waals surface area contributed by atoms with E-state index >= 15 is 0 Å². The van der Waals surface area contributed by atoms with Crippen molar-refractivity contribution >= 4 is 34.4 Å². The Morgan fingerprint density at radius 2 is 1.81 bits per heavy atom. The maximum absolute atomic E-state index is 13.0. The molecule has 0 saturated carbocycles. The van der Waals surface area contributed by atoms with Gasteiger partial charge in [-0.2, -0.15) is 0 Å². The molecule has 3 aromatic carbocycles. The van der Waals surface area contributed by atoms with Crippen molar-refractivity contribution in [3.8, 4) is 5.75 Å². The molecule has 0 spiro atoms. The van der Waals surface area contributed by atoms with Gasteiger partial charge in [0.15, 0.2) is 11.0 Å². The van der Waals surface area contributed by atoms with Crippen molar-refractivity contribution < 1.29 is 18.5 Å². The van der Waals surface area contributed by atoms with E-state index < -0.39 is 11.0 Å². The SMILES string of the molecule is COc1ccc(CNC(=O)c2ccc3c(c2)C(=O)/C(=C\c2ccccc2)S(=O)N3)cc1. The van der Waals surface area contributed by atoms with Crippen LogP contribution in [-0.4, -0.2) is 23.0 Å². The van der Waals surface area contributed by atoms with E-state index in [2.05, 4.69) is 10.0 Å². The van der Waals surface area contributed by atoms with Gasteiger partial charge in [-0.15, -0.1) is 0 Å². The van der Waals surface area contributed by atoms with Gasteiger partial charge in [0, 0.05) is 17.7 Å². The number of ether oxygens (including phenoxy) is 1. The van der Waals surface area contributed by atoms with Crippen LogP contribution in [0, 0.1) is 0 Å². The summed E-state index contributed by atoms with van der Waals surface area (Å²) in [4.78, 5) is 25.8. The normalized spacial score (nSPS) is 16.4. The number of rotatable bonds is 5. The molecule has 3 aromatic rings. The predicted octanol–water partition coefficient (Wildman–Crippen LogP) is 3.94. The highest BCUT2D eigenvalue weighted by Gasteiger charge is 2.28. The monoisotopic (exact) mass is 432 g/mol. The van der Waals surface area contributed by atoms with Crippen molar-refractivity contribution in [3.05, 3.63) is 100.0 Å². The summed E-state index contributed by atoms with van der Waals surface area (Å²) < 4.78 is 20.5. The third-order valence-electron chi connectivity index (χ3n) is 4.86. The van der Waals surface area contributed by atoms with Crippen LogP contribution in [0.4, 0.5) is 5.69 Å². The molecular weight excluding hydrogens is 412 g/mol. The summed E-state index contributed by atoms with van der Waals surface area (Å²) in [5.41, 5.74) is 2.82. The van der Waals surface area contributed by atoms with Crippen molar-refractivity contribution in [2.24, 2.45) is 0 Å². The topological polar surface area (TPSA) is 84.5 Å². The Morgan fingerprint density at radius 1 is 1.06 bits per heavy atom. The molecule has 0 fully saturated rings. The van der Waals surface area contributed by atoms with Gasteiger partial charge < -0.3 is 14.8 Å². The number of carbonyl (C=O) groups is 2. The summed E-state index contributed by atoms with van der Waals surface area (Å²) >= 11 is 0. The lowest BCUT2D eigenvalue weighted by Crippen LogP contribution is -2.25. The number of nitrogens with one attached hydrogen (secondary N) is 2. The third kappa shape index (κ3) is 4.57. The Hall–Kier alpha value is -3.71. The second-order valence-electron chi connectivity index (χ2n) is 6.91. The summed E-state index contributed by atoms with van der Waals surface area (Å²) in [5, 5.41) is 2.85. The molecule has 0 saturated heterocycles. The van der Waals surface area contributed by atoms with Gasteiger partial charge in [-0.05, 0) is 47.5 Å². The molecule has 1 aliphatic rings. The van der Waals surface area contributed by atoms with Crippen LogP contribution in [0.15, 0.2) is 77.7 Å². The number of allylic oxidation sites excluding steroid dienone is 1. The van der Waals surface area contributed by atoms with E-state index in [0.717, 1.165) is 16.9 Å². The van der Waals surface area contributed by atoms with Gasteiger partial charge in [0.1, 0.15) is 10.7 Å². The van der Waals surface area contributed by atoms with Gasteiger partial charge in [-0.1, -0.05) is 42.5 Å². The Morgan fingerprint density at radius 3 is 2.52 bits per heavy atom. The van der Waals surface area contributed by atoms with Gasteiger partial charge in [0.05, 0.1) is 12.8 Å². The van der Waals surface area contributed by atoms with Gasteiger partial charge in [0.25, 0.3) is 5.91 Å². The molecule has 6 nitrogen and oxygen atoms in total. The van der Waals surface area contributed by atoms with Crippen LogP contribution in [0.3, 0.4) is 0 Å². The maximum atomic E-state index is 13.0. The summed E-state index contributed by atoms with van der Waals surface area (Å²) in [7, 11) is -0.0714. The van der Waals surface area contributed by atoms with Crippen LogP contribution < -0.4 is 14.8 Å². The minimum Gasteiger partial charge on any atom is -0.497 e. The number of hydrogen-bond donors (Lipinski definition) is 2. The minimum absolute atomic E-state index is 0.148. The molecule has 156 valence electrons. The molecule has 0 aromatic heterocycles. The molecular formula is C24H20N2O4S. The van der Waals surface area contributed by atoms with E-state index in [1.54, 1.807) is 25.3 Å². The first-order valence-electron chi connectivity index (χ1n) is 9.60. The van der Waals surface area contributed by atoms with Crippen LogP contribution in [-0.2, 0) is 17.5 Å². The Bertz CT molecular complexity index is 1190. The number of Topliss-reactive ketones (excluding diaryl/α,β-unsaturated/α-hetero) is 1. The zero-order valence-electron chi connectivity index (χ0n) is 16.8. The number of hydrogen-bond acceptors (Lipinski definition) is 4. The van der Waals surface area contributed by atoms with E-state index in [0.29, 0.717) is 23.4 Å². The highest BCUT2D eigenvalue weighted by Crippen LogP contribution is 2.29. The molecule has 0 radical (unpaired) electrons. The number of ketones is 1. The first-order valence-corrected chi connectivity index (χ1v) is 10.7. The lowest BCUT2D eigenvalue weighted by Gasteiger charge is -2.19. The smallest absolute Gasteiger partial charge is 0.251 e. The van der Waals surface area contributed by atoms with E-state index in [1.165, 1.54) is 6.07 Å². The molecule has 7 heteroatoms. The quantitative estimate of drug-likeness (QED) is 0.598. The number of carbonyl (C=O) groups excluding carboxylic acids is 2. The van der Waals surface area contributed by atoms with Crippen LogP contribution in [0.2, 0.25) is 0 Å². The van der Waals surface area contributed by atoms with E-state index in [4.69, 9.17) is 4.74 Å².